The number of ether oxygens (including phenoxy) is 6. The summed E-state index contributed by atoms with van der Waals surface area (Å²) in [5.74, 6) is -1.61. The number of carbonyl (C=O) groups excluding carboxylic acids is 3. The van der Waals surface area contributed by atoms with Crippen LogP contribution < -0.4 is 18.9 Å². The summed E-state index contributed by atoms with van der Waals surface area (Å²) in [5, 5.41) is 50.2. The van der Waals surface area contributed by atoms with Gasteiger partial charge < -0.3 is 63.3 Å². The first kappa shape index (κ1) is 76.3. The number of aliphatic hydroxyl groups is 2. The zero-order valence-electron chi connectivity index (χ0n) is 54.6. The first-order chi connectivity index (χ1) is 42.8. The van der Waals surface area contributed by atoms with Crippen molar-refractivity contribution in [3.05, 3.63) is 65.2 Å². The smallest absolute Gasteiger partial charge is 0.472 e. The SMILES string of the molecule is CCCCCCCCCCCCCCCCCC(=O)OCC(COP(=O)(O)OCC[N+](C)(C)C)OC(=O)CCCCCCCCCCCCCCCCC.COc1cc(C2Oc3cc(C4Oc5cc(O)cc(O)c5C(=O)C4O)ccc3OC2CO)ccc1O. The van der Waals surface area contributed by atoms with E-state index < -0.39 is 62.5 Å². The molecule has 0 aliphatic carbocycles. The highest BCUT2D eigenvalue weighted by Crippen LogP contribution is 2.47. The van der Waals surface area contributed by atoms with E-state index >= 15 is 0 Å². The quantitative estimate of drug-likeness (QED) is 0.0133. The van der Waals surface area contributed by atoms with Gasteiger partial charge in [0.15, 0.2) is 53.5 Å². The van der Waals surface area contributed by atoms with Crippen LogP contribution in [0.3, 0.4) is 0 Å². The summed E-state index contributed by atoms with van der Waals surface area (Å²) in [6.45, 7) is 4.11. The number of ketones is 1. The van der Waals surface area contributed by atoms with Gasteiger partial charge in [-0.05, 0) is 42.7 Å². The van der Waals surface area contributed by atoms with E-state index in [4.69, 9.17) is 37.5 Å². The summed E-state index contributed by atoms with van der Waals surface area (Å²) in [5.41, 5.74) is 0.751. The lowest BCUT2D eigenvalue weighted by atomic mass is 9.92. The number of esters is 2. The lowest BCUT2D eigenvalue weighted by Crippen LogP contribution is -2.37. The lowest BCUT2D eigenvalue weighted by Gasteiger charge is -2.35. The number of Topliss-reactive ketones (excluding diaryl/α,β-unsaturated/α-hetero) is 1. The van der Waals surface area contributed by atoms with Crippen LogP contribution in [0.2, 0.25) is 0 Å². The van der Waals surface area contributed by atoms with Crippen LogP contribution in [0, 0.1) is 0 Å². The zero-order chi connectivity index (χ0) is 64.9. The maximum atomic E-state index is 12.7. The van der Waals surface area contributed by atoms with E-state index in [1.165, 1.54) is 173 Å². The molecule has 0 amide bonds. The third-order valence-electron chi connectivity index (χ3n) is 16.1. The van der Waals surface area contributed by atoms with Crippen molar-refractivity contribution in [1.82, 2.24) is 0 Å². The van der Waals surface area contributed by atoms with Crippen LogP contribution in [-0.4, -0.2) is 132 Å². The predicted octanol–water partition coefficient (Wildman–Crippen LogP) is 15.2. The molecule has 3 aromatic rings. The molecule has 6 N–H and O–H groups in total. The zero-order valence-corrected chi connectivity index (χ0v) is 55.5. The van der Waals surface area contributed by atoms with Gasteiger partial charge in [-0.15, -0.1) is 0 Å². The molecule has 504 valence electrons. The number of aromatic hydroxyl groups is 3. The Hall–Kier alpha value is -5.14. The van der Waals surface area contributed by atoms with Gasteiger partial charge in [0.1, 0.15) is 42.6 Å². The fraction of sp³-hybridized carbons (Fsp3) is 0.696. The first-order valence-electron chi connectivity index (χ1n) is 33.5. The van der Waals surface area contributed by atoms with E-state index in [0.717, 1.165) is 44.6 Å². The number of aliphatic hydroxyl groups excluding tert-OH is 2. The fourth-order valence-electron chi connectivity index (χ4n) is 10.8. The molecule has 0 saturated heterocycles. The number of carbonyl (C=O) groups is 3. The maximum absolute atomic E-state index is 12.7. The van der Waals surface area contributed by atoms with E-state index in [1.54, 1.807) is 30.3 Å². The average Bonchev–Trinajstić information content (AvgIpc) is 0.875. The molecule has 2 aliphatic heterocycles. The van der Waals surface area contributed by atoms with E-state index in [-0.39, 0.29) is 66.5 Å². The number of phosphoric acid groups is 1. The molecule has 0 spiro atoms. The van der Waals surface area contributed by atoms with Crippen LogP contribution in [0.15, 0.2) is 48.5 Å². The number of phenols is 3. The topological polar surface area (TPSA) is 263 Å². The summed E-state index contributed by atoms with van der Waals surface area (Å²) in [7, 11) is 2.91. The van der Waals surface area contributed by atoms with Gasteiger partial charge in [0.25, 0.3) is 0 Å². The summed E-state index contributed by atoms with van der Waals surface area (Å²) in [6, 6.07) is 11.5. The van der Waals surface area contributed by atoms with Crippen molar-refractivity contribution in [2.24, 2.45) is 0 Å². The molecule has 0 saturated carbocycles. The number of rotatable bonds is 46. The number of likely N-dealkylation sites (N-methyl/N-ethyl adjacent to an activating group) is 1. The number of unbranched alkanes of at least 4 members (excludes halogenated alkanes) is 28. The molecule has 0 radical (unpaired) electrons. The number of benzene rings is 3. The summed E-state index contributed by atoms with van der Waals surface area (Å²) in [4.78, 5) is 48.1. The van der Waals surface area contributed by atoms with Gasteiger partial charge in [-0.3, -0.25) is 23.4 Å². The Bertz CT molecular complexity index is 2540. The highest BCUT2D eigenvalue weighted by molar-refractivity contribution is 7.47. The number of nitrogens with zero attached hydrogens (tertiary/aromatic N) is 1. The van der Waals surface area contributed by atoms with Crippen LogP contribution in [-0.2, 0) is 32.7 Å². The Morgan fingerprint density at radius 2 is 1.06 bits per heavy atom. The molecule has 20 heteroatoms. The Kier molecular flexibility index (Phi) is 36.7. The lowest BCUT2D eigenvalue weighted by molar-refractivity contribution is -0.870. The van der Waals surface area contributed by atoms with Gasteiger partial charge >= 0.3 is 19.8 Å². The van der Waals surface area contributed by atoms with Crippen molar-refractivity contribution in [3.63, 3.8) is 0 Å². The van der Waals surface area contributed by atoms with Crippen molar-refractivity contribution in [3.8, 4) is 40.2 Å². The Morgan fingerprint density at radius 3 is 1.56 bits per heavy atom. The van der Waals surface area contributed by atoms with Gasteiger partial charge in [-0.2, -0.15) is 0 Å². The van der Waals surface area contributed by atoms with Gasteiger partial charge in [0, 0.05) is 30.5 Å². The largest absolute Gasteiger partial charge is 0.508 e. The van der Waals surface area contributed by atoms with E-state index in [1.807, 2.05) is 21.1 Å². The van der Waals surface area contributed by atoms with Crippen molar-refractivity contribution in [2.45, 2.75) is 250 Å². The molecular weight excluding hydrogens is 1160 g/mol. The highest BCUT2D eigenvalue weighted by Gasteiger charge is 2.41. The number of fused-ring (bicyclic) bond motifs is 2. The normalized spacial score (nSPS) is 17.2. The number of phosphoric ester groups is 1. The minimum atomic E-state index is -4.37. The standard InChI is InChI=1S/C44H88NO8P.C25H22O10/c1-6-8-10-12-14-16-18-20-22-24-26-28-30-32-34-36-43(46)50-40-42(41-52-54(48,49)51-39-38-45(3,4)5)53-44(47)37-35-33-31-29-27-25-23-21-19-17-15-13-11-9-7-2;1-32-17-6-11(2-4-14(17)28)24-20(10-26)33-16-5-3-12(7-18(16)34-24)25-23(31)22(30)21-15(29)8-13(27)9-19(21)35-25/h42H,6-41H2,1-5H3;2-9,20,23-29,31H,10H2,1H3/p+1. The molecular formula is C69H111NO18P+. The van der Waals surface area contributed by atoms with Crippen molar-refractivity contribution < 1.29 is 91.3 Å². The number of hydrogen-bond acceptors (Lipinski definition) is 17. The van der Waals surface area contributed by atoms with E-state index in [2.05, 4.69) is 13.8 Å². The van der Waals surface area contributed by atoms with Crippen molar-refractivity contribution in [2.75, 3.05) is 61.2 Å². The Morgan fingerprint density at radius 1 is 0.573 bits per heavy atom. The van der Waals surface area contributed by atoms with Crippen LogP contribution in [0.5, 0.6) is 40.2 Å². The summed E-state index contributed by atoms with van der Waals surface area (Å²) < 4.78 is 57.3. The second-order valence-corrected chi connectivity index (χ2v) is 26.5. The van der Waals surface area contributed by atoms with Gasteiger partial charge in [0.2, 0.25) is 5.78 Å². The van der Waals surface area contributed by atoms with Gasteiger partial charge in [-0.1, -0.05) is 206 Å². The molecule has 3 aromatic carbocycles. The molecule has 0 bridgehead atoms. The average molecular weight is 1270 g/mol. The highest BCUT2D eigenvalue weighted by atomic mass is 31.2. The molecule has 0 fully saturated rings. The fourth-order valence-corrected chi connectivity index (χ4v) is 11.6. The second-order valence-electron chi connectivity index (χ2n) is 25.0. The maximum Gasteiger partial charge on any atom is 0.472 e. The van der Waals surface area contributed by atoms with Crippen molar-refractivity contribution >= 4 is 25.5 Å². The molecule has 19 nitrogen and oxygen atoms in total. The number of hydrogen-bond donors (Lipinski definition) is 6. The number of quaternary nitrogens is 1. The predicted molar refractivity (Wildman–Crippen MR) is 344 cm³/mol. The van der Waals surface area contributed by atoms with Crippen LogP contribution >= 0.6 is 7.82 Å². The second kappa shape index (κ2) is 42.8. The minimum absolute atomic E-state index is 0.0369. The third kappa shape index (κ3) is 30.2. The number of methoxy groups -OCH3 is 1. The monoisotopic (exact) mass is 1270 g/mol. The third-order valence-corrected chi connectivity index (χ3v) is 17.1. The Labute approximate surface area is 531 Å². The molecule has 0 aromatic heterocycles. The molecule has 2 aliphatic rings. The Balaban J connectivity index is 0.000000412. The number of phenolic OH excluding ortho intramolecular Hbond substituents is 3. The molecule has 6 unspecified atom stereocenters. The van der Waals surface area contributed by atoms with E-state index in [9.17, 15) is 49.4 Å². The minimum Gasteiger partial charge on any atom is -0.508 e. The molecule has 6 atom stereocenters. The van der Waals surface area contributed by atoms with E-state index in [0.29, 0.717) is 34.3 Å². The summed E-state index contributed by atoms with van der Waals surface area (Å²) >= 11 is 0. The molecule has 89 heavy (non-hydrogen) atoms. The van der Waals surface area contributed by atoms with Gasteiger partial charge in [0.05, 0.1) is 41.5 Å². The van der Waals surface area contributed by atoms with Crippen LogP contribution in [0.1, 0.15) is 253 Å². The molecule has 5 rings (SSSR count). The van der Waals surface area contributed by atoms with Gasteiger partial charge in [-0.25, -0.2) is 4.57 Å². The molecule has 2 heterocycles. The first-order valence-corrected chi connectivity index (χ1v) is 35.0. The summed E-state index contributed by atoms with van der Waals surface area (Å²) in [6.07, 6.45) is 32.8. The van der Waals surface area contributed by atoms with Crippen LogP contribution in [0.25, 0.3) is 0 Å². The van der Waals surface area contributed by atoms with Crippen molar-refractivity contribution in [1.29, 1.82) is 0 Å². The van der Waals surface area contributed by atoms with Crippen LogP contribution in [0.4, 0.5) is 0 Å².